The largest absolute Gasteiger partial charge is 0.466 e. The maximum Gasteiger partial charge on any atom is 0.308 e. The van der Waals surface area contributed by atoms with Crippen molar-refractivity contribution in [2.45, 2.75) is 46.1 Å². The molecule has 25 heavy (non-hydrogen) atoms. The third-order valence-electron chi connectivity index (χ3n) is 4.78. The van der Waals surface area contributed by atoms with Crippen molar-refractivity contribution in [2.24, 2.45) is 11.8 Å². The molecule has 2 rings (SSSR count). The van der Waals surface area contributed by atoms with Crippen LogP contribution in [0.3, 0.4) is 0 Å². The molecule has 4 nitrogen and oxygen atoms in total. The number of hydrogen-bond acceptors (Lipinski definition) is 3. The number of rotatable bonds is 7. The van der Waals surface area contributed by atoms with Crippen LogP contribution in [0.2, 0.25) is 10.0 Å². The van der Waals surface area contributed by atoms with E-state index >= 15 is 0 Å². The highest BCUT2D eigenvalue weighted by Gasteiger charge is 2.35. The van der Waals surface area contributed by atoms with Crippen LogP contribution in [0.5, 0.6) is 0 Å². The van der Waals surface area contributed by atoms with Crippen molar-refractivity contribution in [1.82, 2.24) is 4.90 Å². The van der Waals surface area contributed by atoms with Crippen molar-refractivity contribution >= 4 is 35.1 Å². The second kappa shape index (κ2) is 8.91. The fraction of sp³-hybridized carbons (Fsp3) is 0.579. The molecule has 0 saturated carbocycles. The number of benzene rings is 1. The summed E-state index contributed by atoms with van der Waals surface area (Å²) in [7, 11) is 0. The Bertz CT molecular complexity index is 615. The standard InChI is InChI=1S/C19H25Cl2NO3/c1-4-25-19(24)12(2)10-13(3)22-9-8-14(18(22)23)11-15-16(20)6-5-7-17(15)21/h5-7,12-14H,4,8-11H2,1-3H3. The van der Waals surface area contributed by atoms with E-state index in [9.17, 15) is 9.59 Å². The van der Waals surface area contributed by atoms with E-state index in [0.717, 1.165) is 12.0 Å². The highest BCUT2D eigenvalue weighted by atomic mass is 35.5. The Hall–Kier alpha value is -1.26. The van der Waals surface area contributed by atoms with Crippen molar-refractivity contribution in [1.29, 1.82) is 0 Å². The zero-order valence-electron chi connectivity index (χ0n) is 14.9. The number of carbonyl (C=O) groups excluding carboxylic acids is 2. The molecule has 138 valence electrons. The second-order valence-corrected chi connectivity index (χ2v) is 7.47. The maximum atomic E-state index is 12.8. The Morgan fingerprint density at radius 2 is 1.96 bits per heavy atom. The lowest BCUT2D eigenvalue weighted by atomic mass is 9.97. The molecule has 3 atom stereocenters. The number of ether oxygens (including phenoxy) is 1. The fourth-order valence-corrected chi connectivity index (χ4v) is 3.94. The molecule has 1 aliphatic rings. The van der Waals surface area contributed by atoms with E-state index in [1.165, 1.54) is 0 Å². The fourth-order valence-electron chi connectivity index (χ4n) is 3.38. The molecular formula is C19H25Cl2NO3. The van der Waals surface area contributed by atoms with Crippen LogP contribution < -0.4 is 0 Å². The zero-order valence-corrected chi connectivity index (χ0v) is 16.4. The van der Waals surface area contributed by atoms with Gasteiger partial charge >= 0.3 is 5.97 Å². The van der Waals surface area contributed by atoms with Crippen molar-refractivity contribution < 1.29 is 14.3 Å². The van der Waals surface area contributed by atoms with E-state index in [-0.39, 0.29) is 29.8 Å². The van der Waals surface area contributed by atoms with Gasteiger partial charge < -0.3 is 9.64 Å². The molecule has 1 saturated heterocycles. The van der Waals surface area contributed by atoms with Gasteiger partial charge in [-0.2, -0.15) is 0 Å². The van der Waals surface area contributed by atoms with Gasteiger partial charge in [0, 0.05) is 28.5 Å². The summed E-state index contributed by atoms with van der Waals surface area (Å²) < 4.78 is 5.05. The number of hydrogen-bond donors (Lipinski definition) is 0. The first-order chi connectivity index (χ1) is 11.8. The van der Waals surface area contributed by atoms with E-state index in [2.05, 4.69) is 0 Å². The summed E-state index contributed by atoms with van der Waals surface area (Å²) in [6, 6.07) is 5.39. The summed E-state index contributed by atoms with van der Waals surface area (Å²) in [6.07, 6.45) is 1.93. The van der Waals surface area contributed by atoms with Gasteiger partial charge in [0.05, 0.1) is 12.5 Å². The SMILES string of the molecule is CCOC(=O)C(C)CC(C)N1CCC(Cc2c(Cl)cccc2Cl)C1=O. The molecule has 0 bridgehead atoms. The molecule has 1 amide bonds. The monoisotopic (exact) mass is 385 g/mol. The van der Waals surface area contributed by atoms with Crippen molar-refractivity contribution in [3.63, 3.8) is 0 Å². The Kier molecular flexibility index (Phi) is 7.14. The maximum absolute atomic E-state index is 12.8. The summed E-state index contributed by atoms with van der Waals surface area (Å²) in [6.45, 7) is 6.69. The number of amides is 1. The lowest BCUT2D eigenvalue weighted by Crippen LogP contribution is -2.38. The third-order valence-corrected chi connectivity index (χ3v) is 5.49. The average Bonchev–Trinajstić information content (AvgIpc) is 2.92. The van der Waals surface area contributed by atoms with Gasteiger partial charge in [-0.3, -0.25) is 9.59 Å². The van der Waals surface area contributed by atoms with Gasteiger partial charge in [-0.1, -0.05) is 36.2 Å². The number of nitrogens with zero attached hydrogens (tertiary/aromatic N) is 1. The molecule has 1 heterocycles. The number of esters is 1. The molecule has 0 spiro atoms. The average molecular weight is 386 g/mol. The van der Waals surface area contributed by atoms with E-state index in [1.807, 2.05) is 18.7 Å². The van der Waals surface area contributed by atoms with Gasteiger partial charge in [-0.25, -0.2) is 0 Å². The van der Waals surface area contributed by atoms with E-state index in [4.69, 9.17) is 27.9 Å². The van der Waals surface area contributed by atoms with Crippen molar-refractivity contribution in [2.75, 3.05) is 13.2 Å². The minimum Gasteiger partial charge on any atom is -0.466 e. The molecule has 0 aliphatic carbocycles. The predicted molar refractivity (Wildman–Crippen MR) is 99.9 cm³/mol. The van der Waals surface area contributed by atoms with Crippen LogP contribution >= 0.6 is 23.2 Å². The Balaban J connectivity index is 1.98. The minimum absolute atomic E-state index is 0.00127. The Labute approximate surface area is 159 Å². The molecule has 0 radical (unpaired) electrons. The lowest BCUT2D eigenvalue weighted by Gasteiger charge is -2.27. The van der Waals surface area contributed by atoms with Crippen LogP contribution in [0.15, 0.2) is 18.2 Å². The van der Waals surface area contributed by atoms with Crippen LogP contribution in [-0.2, 0) is 20.7 Å². The van der Waals surface area contributed by atoms with Gasteiger partial charge in [0.1, 0.15) is 0 Å². The summed E-state index contributed by atoms with van der Waals surface area (Å²) in [4.78, 5) is 26.4. The van der Waals surface area contributed by atoms with E-state index < -0.39 is 0 Å². The molecule has 1 aromatic rings. The molecule has 1 aliphatic heterocycles. The van der Waals surface area contributed by atoms with Gasteiger partial charge in [0.25, 0.3) is 0 Å². The summed E-state index contributed by atoms with van der Waals surface area (Å²) in [5.41, 5.74) is 0.832. The highest BCUT2D eigenvalue weighted by Crippen LogP contribution is 2.32. The zero-order chi connectivity index (χ0) is 18.6. The summed E-state index contributed by atoms with van der Waals surface area (Å²) in [5.74, 6) is -0.433. The molecule has 1 aromatic carbocycles. The topological polar surface area (TPSA) is 46.6 Å². The first-order valence-electron chi connectivity index (χ1n) is 8.75. The minimum atomic E-state index is -0.222. The first-order valence-corrected chi connectivity index (χ1v) is 9.50. The third kappa shape index (κ3) is 4.89. The Morgan fingerprint density at radius 1 is 1.32 bits per heavy atom. The second-order valence-electron chi connectivity index (χ2n) is 6.66. The van der Waals surface area contributed by atoms with Gasteiger partial charge in [-0.15, -0.1) is 0 Å². The van der Waals surface area contributed by atoms with Gasteiger partial charge in [0.2, 0.25) is 5.91 Å². The van der Waals surface area contributed by atoms with Gasteiger partial charge in [0.15, 0.2) is 0 Å². The molecule has 3 unspecified atom stereocenters. The molecule has 6 heteroatoms. The highest BCUT2D eigenvalue weighted by molar-refractivity contribution is 6.36. The number of halogens is 2. The lowest BCUT2D eigenvalue weighted by molar-refractivity contribution is -0.148. The van der Waals surface area contributed by atoms with Crippen molar-refractivity contribution in [3.05, 3.63) is 33.8 Å². The smallest absolute Gasteiger partial charge is 0.308 e. The predicted octanol–water partition coefficient (Wildman–Crippen LogP) is 4.36. The normalized spacial score (nSPS) is 19.8. The van der Waals surface area contributed by atoms with Gasteiger partial charge in [-0.05, 0) is 50.8 Å². The quantitative estimate of drug-likeness (QED) is 0.654. The van der Waals surface area contributed by atoms with Crippen LogP contribution in [0.25, 0.3) is 0 Å². The Morgan fingerprint density at radius 3 is 2.56 bits per heavy atom. The molecule has 1 fully saturated rings. The summed E-state index contributed by atoms with van der Waals surface area (Å²) in [5, 5.41) is 1.20. The number of likely N-dealkylation sites (tertiary alicyclic amines) is 1. The van der Waals surface area contributed by atoms with Crippen molar-refractivity contribution in [3.8, 4) is 0 Å². The van der Waals surface area contributed by atoms with Crippen LogP contribution in [0.4, 0.5) is 0 Å². The molecule has 0 aromatic heterocycles. The number of carbonyl (C=O) groups is 2. The van der Waals surface area contributed by atoms with Crippen LogP contribution in [0, 0.1) is 11.8 Å². The van der Waals surface area contributed by atoms with Crippen LogP contribution in [0.1, 0.15) is 39.2 Å². The first kappa shape index (κ1) is 20.1. The van der Waals surface area contributed by atoms with E-state index in [0.29, 0.717) is 36.0 Å². The molecular weight excluding hydrogens is 361 g/mol. The van der Waals surface area contributed by atoms with E-state index in [1.54, 1.807) is 25.1 Å². The molecule has 0 N–H and O–H groups in total. The van der Waals surface area contributed by atoms with Crippen LogP contribution in [-0.4, -0.2) is 36.0 Å². The summed E-state index contributed by atoms with van der Waals surface area (Å²) >= 11 is 12.5.